The lowest BCUT2D eigenvalue weighted by atomic mass is 9.84. The van der Waals surface area contributed by atoms with Gasteiger partial charge in [0.15, 0.2) is 0 Å². The summed E-state index contributed by atoms with van der Waals surface area (Å²) in [7, 11) is 1.68. The lowest BCUT2D eigenvalue weighted by Crippen LogP contribution is -2.46. The molecule has 0 bridgehead atoms. The summed E-state index contributed by atoms with van der Waals surface area (Å²) in [5.74, 6) is 0.612. The van der Waals surface area contributed by atoms with Crippen molar-refractivity contribution in [1.29, 1.82) is 0 Å². The molecule has 0 aromatic heterocycles. The van der Waals surface area contributed by atoms with Crippen molar-refractivity contribution in [2.75, 3.05) is 40.1 Å². The van der Waals surface area contributed by atoms with E-state index in [1.165, 1.54) is 5.56 Å². The summed E-state index contributed by atoms with van der Waals surface area (Å²) in [5, 5.41) is 0. The van der Waals surface area contributed by atoms with Gasteiger partial charge in [-0.1, -0.05) is 53.7 Å². The SMILES string of the molecule is CC(C)C(=O)OCC1CO1.CCC1(COC(=O)C(C)C)COC1.CCc1ccc(OC)cc1. The number of carbonyl (C=O) groups is 2. The van der Waals surface area contributed by atoms with Crippen LogP contribution >= 0.6 is 0 Å². The van der Waals surface area contributed by atoms with Gasteiger partial charge in [0.05, 0.1) is 44.2 Å². The molecular formula is C26H42O7. The van der Waals surface area contributed by atoms with Crippen molar-refractivity contribution in [2.45, 2.75) is 60.5 Å². The van der Waals surface area contributed by atoms with Gasteiger partial charge in [-0.3, -0.25) is 9.59 Å². The van der Waals surface area contributed by atoms with Crippen LogP contribution < -0.4 is 4.74 Å². The molecule has 1 atom stereocenters. The van der Waals surface area contributed by atoms with Crippen LogP contribution in [-0.2, 0) is 35.0 Å². The van der Waals surface area contributed by atoms with Gasteiger partial charge in [-0.05, 0) is 30.5 Å². The molecule has 0 saturated carbocycles. The van der Waals surface area contributed by atoms with Gasteiger partial charge in [0.25, 0.3) is 0 Å². The van der Waals surface area contributed by atoms with E-state index in [1.807, 2.05) is 39.8 Å². The highest BCUT2D eigenvalue weighted by molar-refractivity contribution is 5.71. The Kier molecular flexibility index (Phi) is 13.1. The van der Waals surface area contributed by atoms with Gasteiger partial charge in [0.2, 0.25) is 0 Å². The van der Waals surface area contributed by atoms with E-state index in [0.29, 0.717) is 13.2 Å². The second kappa shape index (κ2) is 14.9. The first-order valence-electron chi connectivity index (χ1n) is 11.8. The Morgan fingerprint density at radius 3 is 1.91 bits per heavy atom. The van der Waals surface area contributed by atoms with Crippen molar-refractivity contribution in [2.24, 2.45) is 17.3 Å². The zero-order valence-corrected chi connectivity index (χ0v) is 21.3. The van der Waals surface area contributed by atoms with Crippen LogP contribution in [0.2, 0.25) is 0 Å². The second-order valence-corrected chi connectivity index (χ2v) is 9.05. The molecule has 1 aromatic rings. The van der Waals surface area contributed by atoms with Gasteiger partial charge in [-0.2, -0.15) is 0 Å². The third-order valence-electron chi connectivity index (χ3n) is 5.41. The average Bonchev–Trinajstić information content (AvgIpc) is 3.62. The highest BCUT2D eigenvalue weighted by atomic mass is 16.6. The molecule has 0 spiro atoms. The van der Waals surface area contributed by atoms with E-state index in [2.05, 4.69) is 26.0 Å². The topological polar surface area (TPSA) is 83.6 Å². The minimum absolute atomic E-state index is 0.0289. The van der Waals surface area contributed by atoms with E-state index in [-0.39, 0.29) is 35.3 Å². The van der Waals surface area contributed by atoms with Crippen LogP contribution in [0.25, 0.3) is 0 Å². The summed E-state index contributed by atoms with van der Waals surface area (Å²) in [4.78, 5) is 22.0. The molecule has 188 valence electrons. The van der Waals surface area contributed by atoms with E-state index < -0.39 is 0 Å². The zero-order chi connectivity index (χ0) is 24.9. The van der Waals surface area contributed by atoms with Crippen molar-refractivity contribution >= 4 is 11.9 Å². The summed E-state index contributed by atoms with van der Waals surface area (Å²) in [6.07, 6.45) is 2.28. The molecule has 7 heteroatoms. The fourth-order valence-electron chi connectivity index (χ4n) is 2.54. The maximum absolute atomic E-state index is 11.2. The fourth-order valence-corrected chi connectivity index (χ4v) is 2.54. The number of aryl methyl sites for hydroxylation is 1. The lowest BCUT2D eigenvalue weighted by Gasteiger charge is -2.40. The average molecular weight is 467 g/mol. The minimum atomic E-state index is -0.143. The van der Waals surface area contributed by atoms with Crippen LogP contribution in [0.5, 0.6) is 5.75 Å². The Morgan fingerprint density at radius 1 is 1.00 bits per heavy atom. The first-order chi connectivity index (χ1) is 15.7. The van der Waals surface area contributed by atoms with Crippen LogP contribution in [-0.4, -0.2) is 58.2 Å². The lowest BCUT2D eigenvalue weighted by molar-refractivity contribution is -0.173. The smallest absolute Gasteiger partial charge is 0.308 e. The van der Waals surface area contributed by atoms with Crippen molar-refractivity contribution in [3.63, 3.8) is 0 Å². The second-order valence-electron chi connectivity index (χ2n) is 9.05. The van der Waals surface area contributed by atoms with Crippen LogP contribution in [0.4, 0.5) is 0 Å². The van der Waals surface area contributed by atoms with Crippen LogP contribution in [0.3, 0.4) is 0 Å². The molecule has 0 radical (unpaired) electrons. The summed E-state index contributed by atoms with van der Waals surface area (Å²) in [5.41, 5.74) is 1.46. The molecule has 33 heavy (non-hydrogen) atoms. The van der Waals surface area contributed by atoms with Crippen molar-refractivity contribution in [1.82, 2.24) is 0 Å². The first-order valence-corrected chi connectivity index (χ1v) is 11.8. The predicted molar refractivity (Wildman–Crippen MR) is 127 cm³/mol. The highest BCUT2D eigenvalue weighted by Crippen LogP contribution is 2.31. The van der Waals surface area contributed by atoms with Crippen molar-refractivity contribution < 1.29 is 33.3 Å². The van der Waals surface area contributed by atoms with Crippen molar-refractivity contribution in [3.8, 4) is 5.75 Å². The van der Waals surface area contributed by atoms with Gasteiger partial charge in [0.1, 0.15) is 25.1 Å². The number of esters is 2. The third-order valence-corrected chi connectivity index (χ3v) is 5.41. The zero-order valence-electron chi connectivity index (χ0n) is 21.3. The van der Waals surface area contributed by atoms with Crippen LogP contribution in [0, 0.1) is 17.3 Å². The summed E-state index contributed by atoms with van der Waals surface area (Å²) in [6.45, 7) is 14.7. The van der Waals surface area contributed by atoms with Crippen molar-refractivity contribution in [3.05, 3.63) is 29.8 Å². The standard InChI is InChI=1S/C10H18O3.C9H12O.C7H12O3/c1-4-10(5-12-6-10)7-13-9(11)8(2)3;1-3-8-4-6-9(10-2)7-5-8;1-5(2)7(8)10-4-6-3-9-6/h8H,4-7H2,1-3H3;4-7H,3H2,1-2H3;5-6H,3-4H2,1-2H3. The van der Waals surface area contributed by atoms with E-state index in [1.54, 1.807) is 7.11 Å². The molecule has 0 N–H and O–H groups in total. The molecule has 0 aliphatic carbocycles. The number of ether oxygens (including phenoxy) is 5. The number of methoxy groups -OCH3 is 1. The Morgan fingerprint density at radius 2 is 1.55 bits per heavy atom. The number of hydrogen-bond acceptors (Lipinski definition) is 7. The van der Waals surface area contributed by atoms with E-state index in [9.17, 15) is 9.59 Å². The van der Waals surface area contributed by atoms with Gasteiger partial charge >= 0.3 is 11.9 Å². The summed E-state index contributed by atoms with van der Waals surface area (Å²) >= 11 is 0. The molecule has 1 unspecified atom stereocenters. The highest BCUT2D eigenvalue weighted by Gasteiger charge is 2.38. The first kappa shape index (κ1) is 28.9. The molecule has 1 aromatic carbocycles. The molecule has 2 fully saturated rings. The molecule has 2 aliphatic heterocycles. The number of hydrogen-bond donors (Lipinski definition) is 0. The maximum Gasteiger partial charge on any atom is 0.308 e. The third kappa shape index (κ3) is 11.5. The van der Waals surface area contributed by atoms with E-state index >= 15 is 0 Å². The quantitative estimate of drug-likeness (QED) is 0.393. The summed E-state index contributed by atoms with van der Waals surface area (Å²) < 4.78 is 25.1. The fraction of sp³-hybridized carbons (Fsp3) is 0.692. The number of rotatable bonds is 9. The molecule has 0 amide bonds. The maximum atomic E-state index is 11.2. The number of benzene rings is 1. The number of carbonyl (C=O) groups excluding carboxylic acids is 2. The van der Waals surface area contributed by atoms with E-state index in [0.717, 1.165) is 38.4 Å². The van der Waals surface area contributed by atoms with Crippen LogP contribution in [0.1, 0.15) is 53.5 Å². The van der Waals surface area contributed by atoms with Crippen LogP contribution in [0.15, 0.2) is 24.3 Å². The van der Waals surface area contributed by atoms with Gasteiger partial charge in [0, 0.05) is 0 Å². The molecule has 3 rings (SSSR count). The Labute approximate surface area is 199 Å². The largest absolute Gasteiger partial charge is 0.497 e. The van der Waals surface area contributed by atoms with E-state index in [4.69, 9.17) is 23.7 Å². The Balaban J connectivity index is 0.000000251. The van der Waals surface area contributed by atoms with Gasteiger partial charge in [-0.15, -0.1) is 0 Å². The molecule has 7 nitrogen and oxygen atoms in total. The molecule has 2 heterocycles. The Hall–Kier alpha value is -2.12. The monoisotopic (exact) mass is 466 g/mol. The minimum Gasteiger partial charge on any atom is -0.497 e. The Bertz CT molecular complexity index is 661. The van der Waals surface area contributed by atoms with Gasteiger partial charge < -0.3 is 23.7 Å². The molecule has 2 aliphatic rings. The summed E-state index contributed by atoms with van der Waals surface area (Å²) in [6, 6.07) is 8.13. The predicted octanol–water partition coefficient (Wildman–Crippen LogP) is 4.45. The normalized spacial score (nSPS) is 17.5. The molecular weight excluding hydrogens is 424 g/mol. The van der Waals surface area contributed by atoms with Gasteiger partial charge in [-0.25, -0.2) is 0 Å². The number of epoxide rings is 1. The molecule has 2 saturated heterocycles.